The van der Waals surface area contributed by atoms with Gasteiger partial charge in [0.2, 0.25) is 5.76 Å². The number of carbonyl (C=O) groups is 2. The van der Waals surface area contributed by atoms with Crippen molar-refractivity contribution in [1.82, 2.24) is 0 Å². The van der Waals surface area contributed by atoms with Gasteiger partial charge in [-0.3, -0.25) is 4.79 Å². The number of aliphatic carboxylic acids is 1. The fourth-order valence-corrected chi connectivity index (χ4v) is 1.65. The van der Waals surface area contributed by atoms with Crippen molar-refractivity contribution < 1.29 is 19.4 Å². The second-order valence-electron chi connectivity index (χ2n) is 4.65. The summed E-state index contributed by atoms with van der Waals surface area (Å²) in [6.07, 6.45) is 9.63. The van der Waals surface area contributed by atoms with Crippen LogP contribution >= 0.6 is 0 Å². The van der Waals surface area contributed by atoms with E-state index in [1.54, 1.807) is 0 Å². The molecule has 0 heterocycles. The summed E-state index contributed by atoms with van der Waals surface area (Å²) in [5.74, 6) is -1.85. The lowest BCUT2D eigenvalue weighted by molar-refractivity contribution is -0.148. The van der Waals surface area contributed by atoms with E-state index < -0.39 is 11.9 Å². The van der Waals surface area contributed by atoms with Crippen LogP contribution in [-0.4, -0.2) is 17.0 Å². The van der Waals surface area contributed by atoms with Crippen LogP contribution in [0, 0.1) is 0 Å². The minimum atomic E-state index is -1.17. The summed E-state index contributed by atoms with van der Waals surface area (Å²) in [4.78, 5) is 22.3. The smallest absolute Gasteiger partial charge is 0.371 e. The quantitative estimate of drug-likeness (QED) is 0.266. The number of carboxylic acid groups (broad SMARTS) is 1. The van der Waals surface area contributed by atoms with Gasteiger partial charge in [0.15, 0.2) is 0 Å². The average Bonchev–Trinajstić information content (AvgIpc) is 2.38. The first-order valence-electron chi connectivity index (χ1n) is 7.25. The number of rotatable bonds is 11. The van der Waals surface area contributed by atoms with E-state index in [0.29, 0.717) is 6.42 Å². The summed E-state index contributed by atoms with van der Waals surface area (Å²) in [6, 6.07) is 0. The van der Waals surface area contributed by atoms with Gasteiger partial charge in [0.1, 0.15) is 0 Å². The number of allylic oxidation sites excluding steroid dienone is 1. The van der Waals surface area contributed by atoms with Crippen molar-refractivity contribution in [3.63, 3.8) is 0 Å². The first-order valence-corrected chi connectivity index (χ1v) is 7.25. The molecule has 0 saturated carbocycles. The molecule has 0 rings (SSSR count). The van der Waals surface area contributed by atoms with E-state index >= 15 is 0 Å². The third-order valence-corrected chi connectivity index (χ3v) is 2.81. The molecular weight excluding hydrogens is 244 g/mol. The maximum absolute atomic E-state index is 11.4. The largest absolute Gasteiger partial charge is 0.475 e. The highest BCUT2D eigenvalue weighted by molar-refractivity contribution is 5.87. The summed E-state index contributed by atoms with van der Waals surface area (Å²) < 4.78 is 4.86. The van der Waals surface area contributed by atoms with E-state index in [9.17, 15) is 9.59 Å². The second kappa shape index (κ2) is 11.8. The monoisotopic (exact) mass is 270 g/mol. The van der Waals surface area contributed by atoms with Crippen molar-refractivity contribution in [2.75, 3.05) is 0 Å². The highest BCUT2D eigenvalue weighted by Gasteiger charge is 2.13. The number of unbranched alkanes of at least 4 members (excludes halogenated alkanes) is 6. The molecule has 4 heteroatoms. The van der Waals surface area contributed by atoms with Crippen LogP contribution in [0.2, 0.25) is 0 Å². The van der Waals surface area contributed by atoms with Crippen LogP contribution in [-0.2, 0) is 14.3 Å². The number of carbonyl (C=O) groups excluding carboxylic acids is 1. The predicted octanol–water partition coefficient (Wildman–Crippen LogP) is 4.05. The van der Waals surface area contributed by atoms with E-state index in [1.807, 2.05) is 6.92 Å². The Balaban J connectivity index is 4.02. The topological polar surface area (TPSA) is 63.6 Å². The number of ether oxygens (including phenoxy) is 1. The van der Waals surface area contributed by atoms with Crippen molar-refractivity contribution in [2.24, 2.45) is 0 Å². The van der Waals surface area contributed by atoms with Gasteiger partial charge < -0.3 is 9.84 Å². The molecule has 0 aromatic carbocycles. The summed E-state index contributed by atoms with van der Waals surface area (Å²) in [5, 5.41) is 8.94. The van der Waals surface area contributed by atoms with Gasteiger partial charge in [0.05, 0.1) is 0 Å². The first kappa shape index (κ1) is 17.7. The summed E-state index contributed by atoms with van der Waals surface area (Å²) in [5.41, 5.74) is 0. The molecular formula is C15H26O4. The molecule has 0 atom stereocenters. The van der Waals surface area contributed by atoms with Crippen molar-refractivity contribution in [1.29, 1.82) is 0 Å². The Morgan fingerprint density at radius 1 is 1.00 bits per heavy atom. The van der Waals surface area contributed by atoms with E-state index in [2.05, 4.69) is 6.92 Å². The lowest BCUT2D eigenvalue weighted by Gasteiger charge is -2.04. The number of esters is 1. The number of hydrogen-bond donors (Lipinski definition) is 1. The molecule has 0 saturated heterocycles. The standard InChI is InChI=1S/C15H26O4/c1-3-5-7-8-9-10-11-13(15(17)18)19-14(16)12-6-4-2/h11H,3-10,12H2,1-2H3,(H,17,18)/b13-11-. The van der Waals surface area contributed by atoms with E-state index in [0.717, 1.165) is 25.7 Å². The minimum Gasteiger partial charge on any atom is -0.475 e. The fourth-order valence-electron chi connectivity index (χ4n) is 1.65. The van der Waals surface area contributed by atoms with Crippen molar-refractivity contribution in [3.05, 3.63) is 11.8 Å². The highest BCUT2D eigenvalue weighted by atomic mass is 16.6. The van der Waals surface area contributed by atoms with Gasteiger partial charge in [0.25, 0.3) is 0 Å². The lowest BCUT2D eigenvalue weighted by Crippen LogP contribution is -2.11. The van der Waals surface area contributed by atoms with Crippen LogP contribution in [0.4, 0.5) is 0 Å². The predicted molar refractivity (Wildman–Crippen MR) is 74.7 cm³/mol. The zero-order chi connectivity index (χ0) is 14.5. The van der Waals surface area contributed by atoms with Crippen molar-refractivity contribution >= 4 is 11.9 Å². The molecule has 0 aromatic heterocycles. The maximum Gasteiger partial charge on any atom is 0.371 e. The number of carboxylic acids is 1. The van der Waals surface area contributed by atoms with Gasteiger partial charge in [-0.15, -0.1) is 0 Å². The van der Waals surface area contributed by atoms with Crippen LogP contribution in [0.25, 0.3) is 0 Å². The molecule has 0 aliphatic rings. The molecule has 0 fully saturated rings. The van der Waals surface area contributed by atoms with Gasteiger partial charge in [-0.1, -0.05) is 46.0 Å². The Morgan fingerprint density at radius 3 is 2.21 bits per heavy atom. The Kier molecular flexibility index (Phi) is 10.9. The van der Waals surface area contributed by atoms with Crippen molar-refractivity contribution in [2.45, 2.75) is 71.6 Å². The average molecular weight is 270 g/mol. The molecule has 1 N–H and O–H groups in total. The molecule has 0 unspecified atom stereocenters. The third kappa shape index (κ3) is 10.3. The van der Waals surface area contributed by atoms with Gasteiger partial charge in [0, 0.05) is 6.42 Å². The van der Waals surface area contributed by atoms with Gasteiger partial charge >= 0.3 is 11.9 Å². The van der Waals surface area contributed by atoms with E-state index in [1.165, 1.54) is 25.3 Å². The minimum absolute atomic E-state index is 0.225. The molecule has 0 aromatic rings. The van der Waals surface area contributed by atoms with Gasteiger partial charge in [-0.05, 0) is 25.3 Å². The summed E-state index contributed by atoms with van der Waals surface area (Å²) in [6.45, 7) is 4.12. The van der Waals surface area contributed by atoms with Crippen LogP contribution in [0.1, 0.15) is 71.6 Å². The van der Waals surface area contributed by atoms with E-state index in [4.69, 9.17) is 9.84 Å². The van der Waals surface area contributed by atoms with Crippen molar-refractivity contribution in [3.8, 4) is 0 Å². The molecule has 0 aliphatic heterocycles. The van der Waals surface area contributed by atoms with E-state index in [-0.39, 0.29) is 12.2 Å². The van der Waals surface area contributed by atoms with Crippen LogP contribution in [0.3, 0.4) is 0 Å². The van der Waals surface area contributed by atoms with Gasteiger partial charge in [-0.25, -0.2) is 4.79 Å². The molecule has 0 aliphatic carbocycles. The Hall–Kier alpha value is -1.32. The first-order chi connectivity index (χ1) is 9.11. The molecule has 0 radical (unpaired) electrons. The maximum atomic E-state index is 11.4. The van der Waals surface area contributed by atoms with Crippen LogP contribution in [0.5, 0.6) is 0 Å². The zero-order valence-corrected chi connectivity index (χ0v) is 12.1. The molecule has 0 spiro atoms. The lowest BCUT2D eigenvalue weighted by atomic mass is 10.1. The SMILES string of the molecule is CCCCCCC/C=C(\OC(=O)CCCC)C(=O)O. The van der Waals surface area contributed by atoms with Crippen LogP contribution in [0.15, 0.2) is 11.8 Å². The summed E-state index contributed by atoms with van der Waals surface area (Å²) >= 11 is 0. The highest BCUT2D eigenvalue weighted by Crippen LogP contribution is 2.09. The number of hydrogen-bond acceptors (Lipinski definition) is 3. The van der Waals surface area contributed by atoms with Gasteiger partial charge in [-0.2, -0.15) is 0 Å². The molecule has 0 bridgehead atoms. The fraction of sp³-hybridized carbons (Fsp3) is 0.733. The second-order valence-corrected chi connectivity index (χ2v) is 4.65. The Morgan fingerprint density at radius 2 is 1.63 bits per heavy atom. The molecule has 0 amide bonds. The Labute approximate surface area is 115 Å². The molecule has 19 heavy (non-hydrogen) atoms. The normalized spacial score (nSPS) is 11.4. The Bertz CT molecular complexity index is 295. The molecule has 4 nitrogen and oxygen atoms in total. The van der Waals surface area contributed by atoms with Crippen LogP contribution < -0.4 is 0 Å². The third-order valence-electron chi connectivity index (χ3n) is 2.81. The molecule has 110 valence electrons. The zero-order valence-electron chi connectivity index (χ0n) is 12.1. The summed E-state index contributed by atoms with van der Waals surface area (Å²) in [7, 11) is 0.